The molecule has 3 aromatic rings. The molecule has 162 valence electrons. The zero-order chi connectivity index (χ0) is 22.0. The van der Waals surface area contributed by atoms with Crippen molar-refractivity contribution in [2.45, 2.75) is 30.2 Å². The molecule has 6 nitrogen and oxygen atoms in total. The second-order valence-corrected chi connectivity index (χ2v) is 8.81. The van der Waals surface area contributed by atoms with E-state index in [-0.39, 0.29) is 11.5 Å². The monoisotopic (exact) mass is 480 g/mol. The van der Waals surface area contributed by atoms with Crippen molar-refractivity contribution in [2.24, 2.45) is 0 Å². The Morgan fingerprint density at radius 2 is 2.00 bits per heavy atom. The van der Waals surface area contributed by atoms with E-state index >= 15 is 0 Å². The largest absolute Gasteiger partial charge is 0.358 e. The topological polar surface area (TPSA) is 86.0 Å². The number of halogens is 3. The molecule has 2 heterocycles. The third kappa shape index (κ3) is 4.76. The number of H-pyrrole nitrogens is 1. The first kappa shape index (κ1) is 21.8. The van der Waals surface area contributed by atoms with Crippen LogP contribution in [0.3, 0.4) is 0 Å². The second kappa shape index (κ2) is 9.38. The van der Waals surface area contributed by atoms with Gasteiger partial charge in [-0.1, -0.05) is 23.2 Å². The number of carbonyl (C=O) groups is 2. The van der Waals surface area contributed by atoms with Crippen LogP contribution in [-0.2, 0) is 4.79 Å². The molecule has 0 bridgehead atoms. The maximum absolute atomic E-state index is 14.6. The summed E-state index contributed by atoms with van der Waals surface area (Å²) in [6.07, 6.45) is 3.91. The van der Waals surface area contributed by atoms with Gasteiger partial charge in [0.15, 0.2) is 0 Å². The van der Waals surface area contributed by atoms with Gasteiger partial charge in [0.05, 0.1) is 26.1 Å². The van der Waals surface area contributed by atoms with Crippen molar-refractivity contribution in [1.82, 2.24) is 15.6 Å². The highest BCUT2D eigenvalue weighted by Gasteiger charge is 2.23. The first-order chi connectivity index (χ1) is 14.9. The molecule has 1 unspecified atom stereocenters. The summed E-state index contributed by atoms with van der Waals surface area (Å²) in [5.41, 5.74) is 1.56. The lowest BCUT2D eigenvalue weighted by Gasteiger charge is -2.15. The molecule has 0 aliphatic carbocycles. The molecule has 31 heavy (non-hydrogen) atoms. The van der Waals surface area contributed by atoms with Crippen molar-refractivity contribution >= 4 is 63.6 Å². The number of aromatic amines is 1. The lowest BCUT2D eigenvalue weighted by Crippen LogP contribution is -2.45. The number of amides is 2. The highest BCUT2D eigenvalue weighted by molar-refractivity contribution is 8.00. The van der Waals surface area contributed by atoms with E-state index in [1.54, 1.807) is 18.3 Å². The van der Waals surface area contributed by atoms with Crippen LogP contribution < -0.4 is 15.4 Å². The van der Waals surface area contributed by atoms with E-state index in [4.69, 9.17) is 23.2 Å². The first-order valence-electron chi connectivity index (χ1n) is 9.70. The molecule has 1 saturated heterocycles. The summed E-state index contributed by atoms with van der Waals surface area (Å²) in [6, 6.07) is 7.08. The van der Waals surface area contributed by atoms with Crippen LogP contribution in [0.1, 0.15) is 29.6 Å². The van der Waals surface area contributed by atoms with Gasteiger partial charge < -0.3 is 20.3 Å². The van der Waals surface area contributed by atoms with Crippen LogP contribution in [0.4, 0.5) is 10.1 Å². The molecule has 0 spiro atoms. The van der Waals surface area contributed by atoms with Crippen LogP contribution in [0.5, 0.6) is 0 Å². The number of hydrogen-bond acceptors (Lipinski definition) is 4. The summed E-state index contributed by atoms with van der Waals surface area (Å²) in [6.45, 7) is 0.605. The third-order valence-corrected chi connectivity index (χ3v) is 6.53. The minimum atomic E-state index is -0.603. The summed E-state index contributed by atoms with van der Waals surface area (Å²) in [5, 5.41) is 7.15. The summed E-state index contributed by atoms with van der Waals surface area (Å²) in [4.78, 5) is 27.8. The van der Waals surface area contributed by atoms with Gasteiger partial charge in [0.25, 0.3) is 5.91 Å². The van der Waals surface area contributed by atoms with E-state index in [1.165, 1.54) is 12.1 Å². The number of anilines is 1. The standard InChI is InChI=1S/C21H19Cl2FN4O2S/c22-12-5-6-15(19-18(12)13(23)10-26-19)28-31-17-7-4-11(9-14(17)24)20(29)27-16-3-1-2-8-25-21(16)30/h4-7,9-10,16,26,28H,1-3,8H2,(H,25,30)(H,27,29). The van der Waals surface area contributed by atoms with Crippen molar-refractivity contribution in [1.29, 1.82) is 0 Å². The average molecular weight is 481 g/mol. The van der Waals surface area contributed by atoms with Crippen molar-refractivity contribution in [2.75, 3.05) is 11.3 Å². The van der Waals surface area contributed by atoms with Crippen molar-refractivity contribution in [3.8, 4) is 0 Å². The van der Waals surface area contributed by atoms with E-state index < -0.39 is 17.8 Å². The molecule has 1 aromatic heterocycles. The van der Waals surface area contributed by atoms with Crippen LogP contribution in [-0.4, -0.2) is 29.4 Å². The average Bonchev–Trinajstić information content (AvgIpc) is 3.03. The van der Waals surface area contributed by atoms with Crippen LogP contribution in [0.15, 0.2) is 41.4 Å². The number of carbonyl (C=O) groups excluding carboxylic acids is 2. The van der Waals surface area contributed by atoms with Gasteiger partial charge in [-0.15, -0.1) is 0 Å². The number of nitrogens with one attached hydrogen (secondary N) is 4. The van der Waals surface area contributed by atoms with Crippen molar-refractivity contribution in [3.63, 3.8) is 0 Å². The minimum Gasteiger partial charge on any atom is -0.358 e. The highest BCUT2D eigenvalue weighted by Crippen LogP contribution is 2.36. The summed E-state index contributed by atoms with van der Waals surface area (Å²) in [5.74, 6) is -1.24. The van der Waals surface area contributed by atoms with Crippen LogP contribution in [0.2, 0.25) is 10.0 Å². The Hall–Kier alpha value is -2.42. The fourth-order valence-corrected chi connectivity index (χ4v) is 4.65. The van der Waals surface area contributed by atoms with Crippen molar-refractivity contribution in [3.05, 3.63) is 58.0 Å². The van der Waals surface area contributed by atoms with Crippen molar-refractivity contribution < 1.29 is 14.0 Å². The van der Waals surface area contributed by atoms with Gasteiger partial charge in [-0.3, -0.25) is 9.59 Å². The lowest BCUT2D eigenvalue weighted by molar-refractivity contribution is -0.122. The number of rotatable bonds is 5. The van der Waals surface area contributed by atoms with E-state index in [0.717, 1.165) is 30.9 Å². The zero-order valence-electron chi connectivity index (χ0n) is 16.2. The molecule has 4 N–H and O–H groups in total. The predicted molar refractivity (Wildman–Crippen MR) is 122 cm³/mol. The molecule has 1 atom stereocenters. The van der Waals surface area contributed by atoms with Crippen LogP contribution in [0.25, 0.3) is 10.9 Å². The van der Waals surface area contributed by atoms with E-state index in [1.807, 2.05) is 0 Å². The number of fused-ring (bicyclic) bond motifs is 1. The number of hydrogen-bond donors (Lipinski definition) is 4. The van der Waals surface area contributed by atoms with Gasteiger partial charge >= 0.3 is 0 Å². The molecule has 0 saturated carbocycles. The Bertz CT molecular complexity index is 1150. The molecule has 0 radical (unpaired) electrons. The van der Waals surface area contributed by atoms with Crippen LogP contribution in [0, 0.1) is 5.82 Å². The van der Waals surface area contributed by atoms with E-state index in [2.05, 4.69) is 20.3 Å². The first-order valence-corrected chi connectivity index (χ1v) is 11.3. The number of benzene rings is 2. The molecule has 4 rings (SSSR count). The summed E-state index contributed by atoms with van der Waals surface area (Å²) >= 11 is 13.4. The second-order valence-electron chi connectivity index (χ2n) is 7.14. The SMILES string of the molecule is O=C(NC1CCCCNC1=O)c1ccc(SNc2ccc(Cl)c3c(Cl)c[nH]c23)c(F)c1. The molecule has 2 aromatic carbocycles. The molecule has 1 fully saturated rings. The van der Waals surface area contributed by atoms with Crippen LogP contribution >= 0.6 is 35.1 Å². The maximum Gasteiger partial charge on any atom is 0.252 e. The molecule has 1 aliphatic rings. The summed E-state index contributed by atoms with van der Waals surface area (Å²) < 4.78 is 17.7. The number of aromatic nitrogens is 1. The Kier molecular flexibility index (Phi) is 6.60. The maximum atomic E-state index is 14.6. The Labute approximate surface area is 192 Å². The van der Waals surface area contributed by atoms with E-state index in [9.17, 15) is 14.0 Å². The molecule has 10 heteroatoms. The molecular weight excluding hydrogens is 462 g/mol. The van der Waals surface area contributed by atoms with E-state index in [0.29, 0.717) is 44.5 Å². The van der Waals surface area contributed by atoms with Gasteiger partial charge in [-0.05, 0) is 61.5 Å². The van der Waals surface area contributed by atoms with Gasteiger partial charge in [0.1, 0.15) is 11.9 Å². The smallest absolute Gasteiger partial charge is 0.252 e. The molecular formula is C21H19Cl2FN4O2S. The highest BCUT2D eigenvalue weighted by atomic mass is 35.5. The predicted octanol–water partition coefficient (Wildman–Crippen LogP) is 5.13. The lowest BCUT2D eigenvalue weighted by atomic mass is 10.1. The van der Waals surface area contributed by atoms with Gasteiger partial charge in [-0.25, -0.2) is 4.39 Å². The fraction of sp³-hybridized carbons (Fsp3) is 0.238. The zero-order valence-corrected chi connectivity index (χ0v) is 18.6. The molecule has 1 aliphatic heterocycles. The quantitative estimate of drug-likeness (QED) is 0.381. The fourth-order valence-electron chi connectivity index (χ4n) is 3.41. The third-order valence-electron chi connectivity index (χ3n) is 5.04. The molecule has 2 amide bonds. The Balaban J connectivity index is 1.45. The summed E-state index contributed by atoms with van der Waals surface area (Å²) in [7, 11) is 0. The Morgan fingerprint density at radius 1 is 1.16 bits per heavy atom. The minimum absolute atomic E-state index is 0.156. The Morgan fingerprint density at radius 3 is 2.81 bits per heavy atom. The normalized spacial score (nSPS) is 16.6. The van der Waals surface area contributed by atoms with Gasteiger partial charge in [-0.2, -0.15) is 0 Å². The van der Waals surface area contributed by atoms with Gasteiger partial charge in [0.2, 0.25) is 5.91 Å². The van der Waals surface area contributed by atoms with Gasteiger partial charge in [0, 0.05) is 23.7 Å².